The van der Waals surface area contributed by atoms with Crippen LogP contribution in [0.3, 0.4) is 0 Å². The van der Waals surface area contributed by atoms with Crippen molar-refractivity contribution < 1.29 is 0 Å². The molecule has 3 nitrogen and oxygen atoms in total. The molecule has 90 valence electrons. The molecule has 0 saturated carbocycles. The van der Waals surface area contributed by atoms with Crippen LogP contribution in [0.2, 0.25) is 0 Å². The van der Waals surface area contributed by atoms with Crippen molar-refractivity contribution in [3.63, 3.8) is 0 Å². The normalized spacial score (nSPS) is 12.1. The monoisotopic (exact) mass is 285 g/mol. The predicted molar refractivity (Wildman–Crippen MR) is 71.4 cm³/mol. The second kappa shape index (κ2) is 5.75. The quantitative estimate of drug-likeness (QED) is 0.842. The van der Waals surface area contributed by atoms with Gasteiger partial charge in [-0.1, -0.05) is 6.07 Å². The summed E-state index contributed by atoms with van der Waals surface area (Å²) in [4.78, 5) is 6.59. The lowest BCUT2D eigenvalue weighted by Gasteiger charge is -2.32. The van der Waals surface area contributed by atoms with Crippen LogP contribution in [0.1, 0.15) is 19.5 Å². The Morgan fingerprint density at radius 2 is 2.06 bits per heavy atom. The number of rotatable bonds is 5. The van der Waals surface area contributed by atoms with Crippen LogP contribution in [0.4, 0.5) is 0 Å². The van der Waals surface area contributed by atoms with Crippen LogP contribution in [-0.4, -0.2) is 36.1 Å². The van der Waals surface area contributed by atoms with Gasteiger partial charge in [0.1, 0.15) is 4.60 Å². The number of hydrogen-bond donors (Lipinski definition) is 1. The van der Waals surface area contributed by atoms with E-state index in [9.17, 15) is 0 Å². The number of nitrogens with zero attached hydrogens (tertiary/aromatic N) is 2. The zero-order valence-corrected chi connectivity index (χ0v) is 12.0. The number of halogens is 1. The lowest BCUT2D eigenvalue weighted by Crippen LogP contribution is -2.46. The number of hydrogen-bond acceptors (Lipinski definition) is 3. The molecule has 0 bridgehead atoms. The van der Waals surface area contributed by atoms with Crippen molar-refractivity contribution in [2.75, 3.05) is 20.6 Å². The molecule has 0 radical (unpaired) electrons. The Balaban J connectivity index is 2.42. The Kier molecular flexibility index (Phi) is 4.89. The van der Waals surface area contributed by atoms with Crippen LogP contribution in [-0.2, 0) is 6.54 Å². The summed E-state index contributed by atoms with van der Waals surface area (Å²) in [6.07, 6.45) is 0. The third kappa shape index (κ3) is 4.20. The summed E-state index contributed by atoms with van der Waals surface area (Å²) < 4.78 is 0.888. The van der Waals surface area contributed by atoms with Gasteiger partial charge < -0.3 is 10.2 Å². The summed E-state index contributed by atoms with van der Waals surface area (Å²) in [6, 6.07) is 5.97. The molecule has 0 amide bonds. The molecule has 0 aliphatic heterocycles. The summed E-state index contributed by atoms with van der Waals surface area (Å²) in [6.45, 7) is 6.17. The second-order valence-electron chi connectivity index (χ2n) is 4.76. The molecule has 4 heteroatoms. The van der Waals surface area contributed by atoms with Crippen molar-refractivity contribution in [2.45, 2.75) is 25.9 Å². The zero-order valence-electron chi connectivity index (χ0n) is 10.4. The Morgan fingerprint density at radius 3 is 2.62 bits per heavy atom. The zero-order chi connectivity index (χ0) is 12.2. The largest absolute Gasteiger partial charge is 0.309 e. The van der Waals surface area contributed by atoms with E-state index >= 15 is 0 Å². The van der Waals surface area contributed by atoms with Crippen LogP contribution in [0.15, 0.2) is 22.8 Å². The van der Waals surface area contributed by atoms with E-state index in [4.69, 9.17) is 0 Å². The van der Waals surface area contributed by atoms with Crippen molar-refractivity contribution in [1.82, 2.24) is 15.2 Å². The second-order valence-corrected chi connectivity index (χ2v) is 5.57. The topological polar surface area (TPSA) is 28.2 Å². The van der Waals surface area contributed by atoms with E-state index < -0.39 is 0 Å². The first-order valence-electron chi connectivity index (χ1n) is 5.41. The van der Waals surface area contributed by atoms with Gasteiger partial charge in [-0.3, -0.25) is 0 Å². The van der Waals surface area contributed by atoms with E-state index in [0.29, 0.717) is 0 Å². The van der Waals surface area contributed by atoms with Crippen molar-refractivity contribution in [2.24, 2.45) is 0 Å². The van der Waals surface area contributed by atoms with E-state index in [0.717, 1.165) is 23.4 Å². The lowest BCUT2D eigenvalue weighted by molar-refractivity contribution is 0.189. The molecule has 16 heavy (non-hydrogen) atoms. The van der Waals surface area contributed by atoms with Crippen LogP contribution in [0.25, 0.3) is 0 Å². The lowest BCUT2D eigenvalue weighted by atomic mass is 10.0. The highest BCUT2D eigenvalue weighted by Gasteiger charge is 2.19. The van der Waals surface area contributed by atoms with Crippen molar-refractivity contribution in [3.8, 4) is 0 Å². The van der Waals surface area contributed by atoms with Crippen LogP contribution < -0.4 is 5.32 Å². The molecule has 1 aromatic rings. The van der Waals surface area contributed by atoms with Crippen LogP contribution >= 0.6 is 15.9 Å². The van der Waals surface area contributed by atoms with Crippen molar-refractivity contribution in [1.29, 1.82) is 0 Å². The first-order chi connectivity index (χ1) is 7.42. The van der Waals surface area contributed by atoms with Crippen molar-refractivity contribution in [3.05, 3.63) is 28.5 Å². The van der Waals surface area contributed by atoms with Gasteiger partial charge in [0.25, 0.3) is 0 Å². The van der Waals surface area contributed by atoms with E-state index in [1.165, 1.54) is 0 Å². The molecular weight excluding hydrogens is 266 g/mol. The number of pyridine rings is 1. The van der Waals surface area contributed by atoms with Gasteiger partial charge in [0.15, 0.2) is 0 Å². The van der Waals surface area contributed by atoms with Gasteiger partial charge in [-0.05, 0) is 56.0 Å². The minimum absolute atomic E-state index is 0.159. The SMILES string of the molecule is CN(C)C(C)(C)CNCc1cccc(Br)n1. The van der Waals surface area contributed by atoms with E-state index in [2.05, 4.69) is 59.1 Å². The summed E-state index contributed by atoms with van der Waals surface area (Å²) >= 11 is 3.37. The molecule has 0 aliphatic carbocycles. The molecule has 0 fully saturated rings. The number of aromatic nitrogens is 1. The van der Waals surface area contributed by atoms with Crippen molar-refractivity contribution >= 4 is 15.9 Å². The fourth-order valence-electron chi connectivity index (χ4n) is 1.20. The molecule has 0 atom stereocenters. The predicted octanol–water partition coefficient (Wildman–Crippen LogP) is 2.27. The maximum atomic E-state index is 4.38. The highest BCUT2D eigenvalue weighted by Crippen LogP contribution is 2.09. The average molecular weight is 286 g/mol. The number of nitrogens with one attached hydrogen (secondary N) is 1. The molecule has 0 aliphatic rings. The van der Waals surface area contributed by atoms with Gasteiger partial charge in [0, 0.05) is 18.6 Å². The first kappa shape index (κ1) is 13.6. The molecule has 1 heterocycles. The Labute approximate surface area is 106 Å². The molecular formula is C12H20BrN3. The first-order valence-corrected chi connectivity index (χ1v) is 6.21. The Morgan fingerprint density at radius 1 is 1.38 bits per heavy atom. The van der Waals surface area contributed by atoms with Crippen LogP contribution in [0.5, 0.6) is 0 Å². The maximum absolute atomic E-state index is 4.38. The number of likely N-dealkylation sites (N-methyl/N-ethyl adjacent to an activating group) is 1. The van der Waals surface area contributed by atoms with Gasteiger partial charge in [0.2, 0.25) is 0 Å². The fourth-order valence-corrected chi connectivity index (χ4v) is 1.58. The Bertz CT molecular complexity index is 337. The molecule has 0 saturated heterocycles. The molecule has 1 rings (SSSR count). The minimum atomic E-state index is 0.159. The van der Waals surface area contributed by atoms with Gasteiger partial charge in [-0.15, -0.1) is 0 Å². The molecule has 1 aromatic heterocycles. The van der Waals surface area contributed by atoms with Gasteiger partial charge in [0.05, 0.1) is 5.69 Å². The summed E-state index contributed by atoms with van der Waals surface area (Å²) in [5.41, 5.74) is 1.22. The van der Waals surface area contributed by atoms with Gasteiger partial charge >= 0.3 is 0 Å². The molecule has 0 aromatic carbocycles. The molecule has 0 unspecified atom stereocenters. The third-order valence-electron chi connectivity index (χ3n) is 2.85. The van der Waals surface area contributed by atoms with Gasteiger partial charge in [-0.25, -0.2) is 4.98 Å². The van der Waals surface area contributed by atoms with E-state index in [1.807, 2.05) is 18.2 Å². The standard InChI is InChI=1S/C12H20BrN3/c1-12(2,16(3)4)9-14-8-10-6-5-7-11(13)15-10/h5-7,14H,8-9H2,1-4H3. The van der Waals surface area contributed by atoms with E-state index in [-0.39, 0.29) is 5.54 Å². The maximum Gasteiger partial charge on any atom is 0.106 e. The van der Waals surface area contributed by atoms with Crippen LogP contribution in [0, 0.1) is 0 Å². The molecule has 0 spiro atoms. The third-order valence-corrected chi connectivity index (χ3v) is 3.29. The minimum Gasteiger partial charge on any atom is -0.309 e. The average Bonchev–Trinajstić information content (AvgIpc) is 2.17. The fraction of sp³-hybridized carbons (Fsp3) is 0.583. The van der Waals surface area contributed by atoms with E-state index in [1.54, 1.807) is 0 Å². The Hall–Kier alpha value is -0.450. The highest BCUT2D eigenvalue weighted by molar-refractivity contribution is 9.10. The highest BCUT2D eigenvalue weighted by atomic mass is 79.9. The van der Waals surface area contributed by atoms with Gasteiger partial charge in [-0.2, -0.15) is 0 Å². The smallest absolute Gasteiger partial charge is 0.106 e. The summed E-state index contributed by atoms with van der Waals surface area (Å²) in [5, 5.41) is 3.43. The summed E-state index contributed by atoms with van der Waals surface area (Å²) in [7, 11) is 4.19. The summed E-state index contributed by atoms with van der Waals surface area (Å²) in [5.74, 6) is 0. The molecule has 1 N–H and O–H groups in total.